The van der Waals surface area contributed by atoms with Crippen molar-refractivity contribution in [2.45, 2.75) is 19.5 Å². The molecule has 2 aromatic rings. The molecule has 0 bridgehead atoms. The van der Waals surface area contributed by atoms with Gasteiger partial charge in [-0.25, -0.2) is 9.67 Å². The molecule has 0 aliphatic carbocycles. The first-order valence-corrected chi connectivity index (χ1v) is 6.51. The lowest BCUT2D eigenvalue weighted by Crippen LogP contribution is -2.30. The molecule has 1 amide bonds. The second kappa shape index (κ2) is 7.22. The number of hydrogen-bond donors (Lipinski definition) is 2. The first kappa shape index (κ1) is 14.8. The summed E-state index contributed by atoms with van der Waals surface area (Å²) in [5.74, 6) is 5.28. The van der Waals surface area contributed by atoms with E-state index in [0.29, 0.717) is 6.54 Å². The van der Waals surface area contributed by atoms with Crippen LogP contribution in [0.2, 0.25) is 0 Å². The van der Waals surface area contributed by atoms with Crippen LogP contribution in [0.1, 0.15) is 24.1 Å². The molecule has 1 aromatic carbocycles. The second-order valence-corrected chi connectivity index (χ2v) is 4.43. The van der Waals surface area contributed by atoms with E-state index in [-0.39, 0.29) is 12.5 Å². The Kier molecular flexibility index (Phi) is 5.07. The maximum absolute atomic E-state index is 12.0. The molecule has 0 fully saturated rings. The molecule has 0 aliphatic rings. The molecule has 0 radical (unpaired) electrons. The summed E-state index contributed by atoms with van der Waals surface area (Å²) in [6, 6.07) is 7.08. The normalized spacial score (nSPS) is 11.3. The van der Waals surface area contributed by atoms with Crippen LogP contribution in [0.4, 0.5) is 0 Å². The zero-order chi connectivity index (χ0) is 15.1. The summed E-state index contributed by atoms with van der Waals surface area (Å²) in [5, 5.41) is 15.4. The lowest BCUT2D eigenvalue weighted by atomic mass is 10.1. The molecule has 0 spiro atoms. The molecule has 6 heteroatoms. The molecular formula is C15H16N4O2. The highest BCUT2D eigenvalue weighted by molar-refractivity contribution is 5.79. The molecule has 0 saturated heterocycles. The molecule has 6 nitrogen and oxygen atoms in total. The number of amides is 1. The van der Waals surface area contributed by atoms with Crippen LogP contribution in [0.25, 0.3) is 0 Å². The van der Waals surface area contributed by atoms with Crippen LogP contribution in [-0.4, -0.2) is 32.4 Å². The van der Waals surface area contributed by atoms with Gasteiger partial charge in [0.05, 0.1) is 0 Å². The number of carbonyl (C=O) groups excluding carboxylic acids is 1. The number of carbonyl (C=O) groups is 1. The van der Waals surface area contributed by atoms with Crippen molar-refractivity contribution < 1.29 is 9.90 Å². The topological polar surface area (TPSA) is 80.0 Å². The van der Waals surface area contributed by atoms with Crippen molar-refractivity contribution in [3.05, 3.63) is 48.0 Å². The molecular weight excluding hydrogens is 268 g/mol. The molecule has 2 rings (SSSR count). The summed E-state index contributed by atoms with van der Waals surface area (Å²) in [5.41, 5.74) is 1.80. The van der Waals surface area contributed by atoms with E-state index in [9.17, 15) is 4.79 Å². The zero-order valence-electron chi connectivity index (χ0n) is 11.7. The SMILES string of the molecule is CC(C(=O)NCc1ccc(C#CCO)cc1)n1cncn1. The van der Waals surface area contributed by atoms with E-state index in [4.69, 9.17) is 5.11 Å². The Labute approximate surface area is 122 Å². The third kappa shape index (κ3) is 4.16. The van der Waals surface area contributed by atoms with Crippen LogP contribution in [0.3, 0.4) is 0 Å². The van der Waals surface area contributed by atoms with Crippen LogP contribution >= 0.6 is 0 Å². The lowest BCUT2D eigenvalue weighted by molar-refractivity contribution is -0.124. The van der Waals surface area contributed by atoms with Crippen LogP contribution in [0, 0.1) is 11.8 Å². The maximum atomic E-state index is 12.0. The van der Waals surface area contributed by atoms with Crippen LogP contribution in [0.15, 0.2) is 36.9 Å². The molecule has 0 aliphatic heterocycles. The van der Waals surface area contributed by atoms with Gasteiger partial charge in [-0.15, -0.1) is 0 Å². The molecule has 2 N–H and O–H groups in total. The number of aliphatic hydroxyl groups is 1. The number of nitrogens with one attached hydrogen (secondary N) is 1. The van der Waals surface area contributed by atoms with Gasteiger partial charge in [-0.1, -0.05) is 24.0 Å². The fourth-order valence-electron chi connectivity index (χ4n) is 1.72. The summed E-state index contributed by atoms with van der Waals surface area (Å²) in [6.45, 7) is 2.04. The van der Waals surface area contributed by atoms with Crippen LogP contribution < -0.4 is 5.32 Å². The van der Waals surface area contributed by atoms with Crippen molar-refractivity contribution in [2.24, 2.45) is 0 Å². The van der Waals surface area contributed by atoms with Crippen molar-refractivity contribution >= 4 is 5.91 Å². The van der Waals surface area contributed by atoms with Crippen LogP contribution in [-0.2, 0) is 11.3 Å². The minimum Gasteiger partial charge on any atom is -0.384 e. The van der Waals surface area contributed by atoms with E-state index in [2.05, 4.69) is 27.2 Å². The summed E-state index contributed by atoms with van der Waals surface area (Å²) in [7, 11) is 0. The van der Waals surface area contributed by atoms with Crippen molar-refractivity contribution in [3.63, 3.8) is 0 Å². The third-order valence-corrected chi connectivity index (χ3v) is 2.95. The number of aliphatic hydroxyl groups excluding tert-OH is 1. The number of aromatic nitrogens is 3. The molecule has 1 heterocycles. The van der Waals surface area contributed by atoms with E-state index in [1.807, 2.05) is 24.3 Å². The van der Waals surface area contributed by atoms with Crippen LogP contribution in [0.5, 0.6) is 0 Å². The molecule has 21 heavy (non-hydrogen) atoms. The van der Waals surface area contributed by atoms with E-state index in [1.54, 1.807) is 6.92 Å². The summed E-state index contributed by atoms with van der Waals surface area (Å²) >= 11 is 0. The average Bonchev–Trinajstić information content (AvgIpc) is 3.05. The van der Waals surface area contributed by atoms with Crippen molar-refractivity contribution in [3.8, 4) is 11.8 Å². The first-order chi connectivity index (χ1) is 10.2. The van der Waals surface area contributed by atoms with E-state index in [1.165, 1.54) is 17.3 Å². The highest BCUT2D eigenvalue weighted by Gasteiger charge is 2.14. The molecule has 108 valence electrons. The third-order valence-electron chi connectivity index (χ3n) is 2.95. The highest BCUT2D eigenvalue weighted by atomic mass is 16.2. The Balaban J connectivity index is 1.89. The highest BCUT2D eigenvalue weighted by Crippen LogP contribution is 2.05. The van der Waals surface area contributed by atoms with E-state index in [0.717, 1.165) is 11.1 Å². The summed E-state index contributed by atoms with van der Waals surface area (Å²) < 4.78 is 1.50. The van der Waals surface area contributed by atoms with Gasteiger partial charge in [0.2, 0.25) is 5.91 Å². The Morgan fingerprint density at radius 3 is 2.81 bits per heavy atom. The van der Waals surface area contributed by atoms with Gasteiger partial charge in [0.15, 0.2) is 0 Å². The fraction of sp³-hybridized carbons (Fsp3) is 0.267. The number of benzene rings is 1. The first-order valence-electron chi connectivity index (χ1n) is 6.51. The van der Waals surface area contributed by atoms with Gasteiger partial charge in [-0.3, -0.25) is 4.79 Å². The minimum atomic E-state index is -0.401. The van der Waals surface area contributed by atoms with E-state index >= 15 is 0 Å². The van der Waals surface area contributed by atoms with Gasteiger partial charge in [0.1, 0.15) is 25.3 Å². The van der Waals surface area contributed by atoms with Crippen molar-refractivity contribution in [1.82, 2.24) is 20.1 Å². The second-order valence-electron chi connectivity index (χ2n) is 4.43. The Bertz CT molecular complexity index is 639. The van der Waals surface area contributed by atoms with Gasteiger partial charge in [0.25, 0.3) is 0 Å². The van der Waals surface area contributed by atoms with Gasteiger partial charge in [0, 0.05) is 12.1 Å². The predicted octanol–water partition coefficient (Wildman–Crippen LogP) is 0.499. The minimum absolute atomic E-state index is 0.121. The van der Waals surface area contributed by atoms with Gasteiger partial charge >= 0.3 is 0 Å². The quantitative estimate of drug-likeness (QED) is 0.801. The number of rotatable bonds is 4. The predicted molar refractivity (Wildman–Crippen MR) is 77.0 cm³/mol. The Morgan fingerprint density at radius 2 is 2.19 bits per heavy atom. The van der Waals surface area contributed by atoms with Gasteiger partial charge < -0.3 is 10.4 Å². The smallest absolute Gasteiger partial charge is 0.244 e. The largest absolute Gasteiger partial charge is 0.384 e. The number of nitrogens with zero attached hydrogens (tertiary/aromatic N) is 3. The van der Waals surface area contributed by atoms with Gasteiger partial charge in [-0.2, -0.15) is 5.10 Å². The maximum Gasteiger partial charge on any atom is 0.244 e. The number of hydrogen-bond acceptors (Lipinski definition) is 4. The Morgan fingerprint density at radius 1 is 1.43 bits per heavy atom. The Hall–Kier alpha value is -2.65. The van der Waals surface area contributed by atoms with Gasteiger partial charge in [-0.05, 0) is 24.6 Å². The zero-order valence-corrected chi connectivity index (χ0v) is 11.7. The molecule has 1 unspecified atom stereocenters. The molecule has 1 aromatic heterocycles. The summed E-state index contributed by atoms with van der Waals surface area (Å²) in [4.78, 5) is 15.8. The lowest BCUT2D eigenvalue weighted by Gasteiger charge is -2.12. The molecule has 1 atom stereocenters. The summed E-state index contributed by atoms with van der Waals surface area (Å²) in [6.07, 6.45) is 2.91. The standard InChI is InChI=1S/C15H16N4O2/c1-12(19-11-16-10-18-19)15(21)17-9-14-6-4-13(5-7-14)3-2-8-20/h4-7,10-12,20H,8-9H2,1H3,(H,17,21). The van der Waals surface area contributed by atoms with Crippen molar-refractivity contribution in [1.29, 1.82) is 0 Å². The molecule has 0 saturated carbocycles. The monoisotopic (exact) mass is 284 g/mol. The van der Waals surface area contributed by atoms with E-state index < -0.39 is 6.04 Å². The van der Waals surface area contributed by atoms with Crippen molar-refractivity contribution in [2.75, 3.05) is 6.61 Å². The fourth-order valence-corrected chi connectivity index (χ4v) is 1.72. The average molecular weight is 284 g/mol.